The first kappa shape index (κ1) is 14.6. The van der Waals surface area contributed by atoms with Crippen LogP contribution >= 0.6 is 11.6 Å². The van der Waals surface area contributed by atoms with Gasteiger partial charge in [-0.05, 0) is 42.8 Å². The van der Waals surface area contributed by atoms with E-state index in [9.17, 15) is 0 Å². The van der Waals surface area contributed by atoms with Gasteiger partial charge in [-0.3, -0.25) is 0 Å². The van der Waals surface area contributed by atoms with Crippen LogP contribution in [-0.2, 0) is 13.1 Å². The van der Waals surface area contributed by atoms with E-state index in [1.807, 2.05) is 44.2 Å². The minimum atomic E-state index is 0.485. The van der Waals surface area contributed by atoms with Gasteiger partial charge in [0.25, 0.3) is 5.95 Å². The molecule has 3 aromatic rings. The monoisotopic (exact) mass is 317 g/mol. The van der Waals surface area contributed by atoms with E-state index < -0.39 is 0 Å². The van der Waals surface area contributed by atoms with Crippen molar-refractivity contribution >= 4 is 17.5 Å². The van der Waals surface area contributed by atoms with Crippen molar-refractivity contribution in [2.24, 2.45) is 0 Å². The Morgan fingerprint density at radius 2 is 2.14 bits per heavy atom. The Morgan fingerprint density at radius 3 is 2.91 bits per heavy atom. The molecule has 0 unspecified atom stereocenters. The third kappa shape index (κ3) is 2.96. The molecule has 6 nitrogen and oxygen atoms in total. The number of aryl methyl sites for hydroxylation is 1. The van der Waals surface area contributed by atoms with Crippen LogP contribution < -0.4 is 5.32 Å². The molecule has 0 fully saturated rings. The van der Waals surface area contributed by atoms with Crippen LogP contribution in [0.5, 0.6) is 0 Å². The summed E-state index contributed by atoms with van der Waals surface area (Å²) < 4.78 is 5.86. The molecule has 2 aromatic heterocycles. The predicted octanol–water partition coefficient (Wildman–Crippen LogP) is 3.53. The molecule has 3 rings (SSSR count). The SMILES string of the molecule is CCn1nnc(NCc2ccc(-c3cccc(Cl)c3C)o2)n1. The summed E-state index contributed by atoms with van der Waals surface area (Å²) in [6.45, 7) is 5.12. The van der Waals surface area contributed by atoms with E-state index in [1.54, 1.807) is 0 Å². The van der Waals surface area contributed by atoms with Crippen LogP contribution in [0.2, 0.25) is 5.02 Å². The van der Waals surface area contributed by atoms with Crippen LogP contribution in [0.1, 0.15) is 18.2 Å². The van der Waals surface area contributed by atoms with Crippen molar-refractivity contribution in [3.05, 3.63) is 46.7 Å². The van der Waals surface area contributed by atoms with E-state index in [1.165, 1.54) is 4.80 Å². The van der Waals surface area contributed by atoms with Crippen LogP contribution in [-0.4, -0.2) is 20.2 Å². The molecule has 0 atom stereocenters. The highest BCUT2D eigenvalue weighted by Crippen LogP contribution is 2.29. The fraction of sp³-hybridized carbons (Fsp3) is 0.267. The number of nitrogens with one attached hydrogen (secondary N) is 1. The molecular formula is C15H16ClN5O. The highest BCUT2D eigenvalue weighted by molar-refractivity contribution is 6.31. The molecule has 2 heterocycles. The van der Waals surface area contributed by atoms with Crippen LogP contribution in [0.3, 0.4) is 0 Å². The van der Waals surface area contributed by atoms with E-state index in [0.717, 1.165) is 27.7 Å². The Bertz CT molecular complexity index is 780. The van der Waals surface area contributed by atoms with Crippen LogP contribution in [0.15, 0.2) is 34.7 Å². The van der Waals surface area contributed by atoms with E-state index in [2.05, 4.69) is 20.7 Å². The van der Waals surface area contributed by atoms with Gasteiger partial charge in [0.1, 0.15) is 11.5 Å². The number of nitrogens with zero attached hydrogens (tertiary/aromatic N) is 4. The second-order valence-corrected chi connectivity index (χ2v) is 5.24. The molecule has 0 radical (unpaired) electrons. The van der Waals surface area contributed by atoms with Gasteiger partial charge < -0.3 is 9.73 Å². The fourth-order valence-electron chi connectivity index (χ4n) is 2.11. The maximum Gasteiger partial charge on any atom is 0.263 e. The van der Waals surface area contributed by atoms with Crippen molar-refractivity contribution in [3.8, 4) is 11.3 Å². The van der Waals surface area contributed by atoms with Crippen molar-refractivity contribution in [2.75, 3.05) is 5.32 Å². The molecular weight excluding hydrogens is 302 g/mol. The highest BCUT2D eigenvalue weighted by atomic mass is 35.5. The summed E-state index contributed by atoms with van der Waals surface area (Å²) in [5, 5.41) is 15.8. The lowest BCUT2D eigenvalue weighted by Crippen LogP contribution is -2.02. The fourth-order valence-corrected chi connectivity index (χ4v) is 2.28. The molecule has 1 N–H and O–H groups in total. The van der Waals surface area contributed by atoms with E-state index in [4.69, 9.17) is 16.0 Å². The molecule has 0 amide bonds. The Labute approximate surface area is 133 Å². The number of halogens is 1. The minimum absolute atomic E-state index is 0.485. The van der Waals surface area contributed by atoms with Crippen LogP contribution in [0.25, 0.3) is 11.3 Å². The molecule has 0 aliphatic heterocycles. The summed E-state index contributed by atoms with van der Waals surface area (Å²) >= 11 is 6.15. The molecule has 114 valence electrons. The van der Waals surface area contributed by atoms with Crippen LogP contribution in [0.4, 0.5) is 5.95 Å². The average molecular weight is 318 g/mol. The zero-order valence-electron chi connectivity index (χ0n) is 12.4. The smallest absolute Gasteiger partial charge is 0.263 e. The second kappa shape index (κ2) is 6.19. The van der Waals surface area contributed by atoms with Gasteiger partial charge in [-0.2, -0.15) is 4.80 Å². The van der Waals surface area contributed by atoms with Crippen molar-refractivity contribution in [3.63, 3.8) is 0 Å². The number of aromatic nitrogens is 4. The first-order chi connectivity index (χ1) is 10.7. The Balaban J connectivity index is 1.72. The quantitative estimate of drug-likeness (QED) is 0.779. The van der Waals surface area contributed by atoms with Crippen molar-refractivity contribution in [1.82, 2.24) is 20.2 Å². The van der Waals surface area contributed by atoms with Gasteiger partial charge in [-0.1, -0.05) is 28.8 Å². The van der Waals surface area contributed by atoms with Gasteiger partial charge in [-0.15, -0.1) is 5.10 Å². The first-order valence-corrected chi connectivity index (χ1v) is 7.41. The summed E-state index contributed by atoms with van der Waals surface area (Å²) in [4.78, 5) is 1.52. The van der Waals surface area contributed by atoms with E-state index in [0.29, 0.717) is 19.0 Å². The predicted molar refractivity (Wildman–Crippen MR) is 84.7 cm³/mol. The number of hydrogen-bond acceptors (Lipinski definition) is 5. The molecule has 1 aromatic carbocycles. The van der Waals surface area contributed by atoms with Gasteiger partial charge in [0.15, 0.2) is 0 Å². The van der Waals surface area contributed by atoms with E-state index in [-0.39, 0.29) is 0 Å². The molecule has 0 bridgehead atoms. The zero-order chi connectivity index (χ0) is 15.5. The van der Waals surface area contributed by atoms with Gasteiger partial charge >= 0.3 is 0 Å². The molecule has 0 aliphatic carbocycles. The average Bonchev–Trinajstić information content (AvgIpc) is 3.16. The molecule has 0 saturated heterocycles. The summed E-state index contributed by atoms with van der Waals surface area (Å²) in [6.07, 6.45) is 0. The number of rotatable bonds is 5. The Hall–Kier alpha value is -2.34. The summed E-state index contributed by atoms with van der Waals surface area (Å²) in [5.41, 5.74) is 2.00. The molecule has 0 spiro atoms. The lowest BCUT2D eigenvalue weighted by Gasteiger charge is -2.04. The van der Waals surface area contributed by atoms with Crippen molar-refractivity contribution in [1.29, 1.82) is 0 Å². The maximum absolute atomic E-state index is 6.15. The van der Waals surface area contributed by atoms with Gasteiger partial charge in [0.2, 0.25) is 0 Å². The third-order valence-electron chi connectivity index (χ3n) is 3.35. The minimum Gasteiger partial charge on any atom is -0.459 e. The molecule has 0 aliphatic rings. The van der Waals surface area contributed by atoms with Crippen LogP contribution in [0, 0.1) is 6.92 Å². The molecule has 7 heteroatoms. The first-order valence-electron chi connectivity index (χ1n) is 7.03. The van der Waals surface area contributed by atoms with Gasteiger partial charge in [-0.25, -0.2) is 0 Å². The lowest BCUT2D eigenvalue weighted by molar-refractivity contribution is 0.530. The maximum atomic E-state index is 6.15. The second-order valence-electron chi connectivity index (χ2n) is 4.83. The van der Waals surface area contributed by atoms with E-state index >= 15 is 0 Å². The molecule has 22 heavy (non-hydrogen) atoms. The molecule has 0 saturated carbocycles. The lowest BCUT2D eigenvalue weighted by atomic mass is 10.1. The van der Waals surface area contributed by atoms with Crippen molar-refractivity contribution < 1.29 is 4.42 Å². The zero-order valence-corrected chi connectivity index (χ0v) is 13.1. The summed E-state index contributed by atoms with van der Waals surface area (Å²) in [5.74, 6) is 2.07. The highest BCUT2D eigenvalue weighted by Gasteiger charge is 2.10. The number of hydrogen-bond donors (Lipinski definition) is 1. The van der Waals surface area contributed by atoms with Gasteiger partial charge in [0.05, 0.1) is 13.1 Å². The normalized spacial score (nSPS) is 10.9. The van der Waals surface area contributed by atoms with Gasteiger partial charge in [0, 0.05) is 10.6 Å². The number of benzene rings is 1. The summed E-state index contributed by atoms with van der Waals surface area (Å²) in [7, 11) is 0. The number of tetrazole rings is 1. The Kier molecular flexibility index (Phi) is 4.11. The summed E-state index contributed by atoms with van der Waals surface area (Å²) in [6, 6.07) is 9.64. The largest absolute Gasteiger partial charge is 0.459 e. The third-order valence-corrected chi connectivity index (χ3v) is 3.76. The number of furan rings is 1. The Morgan fingerprint density at radius 1 is 1.27 bits per heavy atom. The number of anilines is 1. The van der Waals surface area contributed by atoms with Crippen molar-refractivity contribution in [2.45, 2.75) is 26.9 Å². The topological polar surface area (TPSA) is 68.8 Å². The standard InChI is InChI=1S/C15H16ClN5O/c1-3-21-19-15(18-20-21)17-9-11-7-8-14(22-11)12-5-4-6-13(16)10(12)2/h4-8H,3,9H2,1-2H3,(H,17,19).